The maximum Gasteiger partial charge on any atom is 0.135 e. The van der Waals surface area contributed by atoms with Crippen LogP contribution in [-0.4, -0.2) is 23.7 Å². The summed E-state index contributed by atoms with van der Waals surface area (Å²) in [5.41, 5.74) is 17.4. The van der Waals surface area contributed by atoms with E-state index in [1.165, 1.54) is 87.7 Å². The first-order valence-corrected chi connectivity index (χ1v) is 24.4. The van der Waals surface area contributed by atoms with E-state index in [9.17, 15) is 0 Å². The van der Waals surface area contributed by atoms with Crippen LogP contribution in [0.5, 0.6) is 0 Å². The van der Waals surface area contributed by atoms with Crippen LogP contribution in [0, 0.1) is 0 Å². The molecule has 0 aliphatic rings. The fourth-order valence-corrected chi connectivity index (χ4v) is 11.1. The maximum atomic E-state index is 5.59. The van der Waals surface area contributed by atoms with Gasteiger partial charge >= 0.3 is 0 Å². The first-order valence-electron chi connectivity index (χ1n) is 24.4. The van der Waals surface area contributed by atoms with Crippen LogP contribution in [0.15, 0.2) is 164 Å². The molecule has 0 aliphatic heterocycles. The van der Waals surface area contributed by atoms with E-state index in [0.717, 1.165) is 39.5 Å². The van der Waals surface area contributed by atoms with Crippen LogP contribution in [0.2, 0.25) is 0 Å². The van der Waals surface area contributed by atoms with Gasteiger partial charge < -0.3 is 13.7 Å². The van der Waals surface area contributed by atoms with E-state index in [1.807, 2.05) is 0 Å². The summed E-state index contributed by atoms with van der Waals surface area (Å²) in [5, 5.41) is 8.40. The second-order valence-corrected chi connectivity index (χ2v) is 20.8. The summed E-state index contributed by atoms with van der Waals surface area (Å²) in [6, 6.07) is 60.7. The highest BCUT2D eigenvalue weighted by atomic mass is 15.0. The lowest BCUT2D eigenvalue weighted by molar-refractivity contribution is 0.549. The normalized spacial score (nSPS) is 12.4. The third kappa shape index (κ3) is 6.72. The molecular weight excluding hydrogens is 839 g/mol. The molecule has 69 heavy (non-hydrogen) atoms. The van der Waals surface area contributed by atoms with E-state index in [0.29, 0.717) is 17.8 Å². The molecule has 0 atom stereocenters. The highest BCUT2D eigenvalue weighted by Gasteiger charge is 2.28. The van der Waals surface area contributed by atoms with Crippen LogP contribution in [0.25, 0.3) is 105 Å². The minimum Gasteiger partial charge on any atom is -0.309 e. The van der Waals surface area contributed by atoms with Gasteiger partial charge in [-0.15, -0.1) is 0 Å². The van der Waals surface area contributed by atoms with Gasteiger partial charge in [0.2, 0.25) is 0 Å². The van der Waals surface area contributed by atoms with E-state index >= 15 is 0 Å². The Balaban J connectivity index is 0.00000520. The quantitative estimate of drug-likeness (QED) is 0.160. The molecule has 8 aromatic carbocycles. The Morgan fingerprint density at radius 2 is 0.870 bits per heavy atom. The largest absolute Gasteiger partial charge is 0.309 e. The van der Waals surface area contributed by atoms with Crippen molar-refractivity contribution < 1.29 is 0 Å². The summed E-state index contributed by atoms with van der Waals surface area (Å²) in [6.45, 7) is 20.6. The van der Waals surface area contributed by atoms with Gasteiger partial charge in [0.15, 0.2) is 0 Å². The van der Waals surface area contributed by atoms with Crippen molar-refractivity contribution >= 4 is 76.3 Å². The molecular formula is C64H61N5. The Labute approximate surface area is 405 Å². The fraction of sp³-hybridized carbons (Fsp3) is 0.219. The van der Waals surface area contributed by atoms with Gasteiger partial charge in [-0.1, -0.05) is 167 Å². The van der Waals surface area contributed by atoms with E-state index in [4.69, 9.17) is 9.97 Å². The third-order valence-electron chi connectivity index (χ3n) is 14.4. The molecule has 0 unspecified atom stereocenters. The van der Waals surface area contributed by atoms with Gasteiger partial charge in [0.25, 0.3) is 0 Å². The molecule has 4 heterocycles. The van der Waals surface area contributed by atoms with E-state index in [-0.39, 0.29) is 12.8 Å². The van der Waals surface area contributed by atoms with Gasteiger partial charge in [-0.2, -0.15) is 0 Å². The van der Waals surface area contributed by atoms with Gasteiger partial charge in [0, 0.05) is 65.7 Å². The Hall–Kier alpha value is -7.50. The van der Waals surface area contributed by atoms with Crippen molar-refractivity contribution in [1.29, 1.82) is 0 Å². The van der Waals surface area contributed by atoms with Crippen molar-refractivity contribution in [3.63, 3.8) is 0 Å². The van der Waals surface area contributed by atoms with Crippen molar-refractivity contribution in [3.05, 3.63) is 186 Å². The van der Waals surface area contributed by atoms with Crippen molar-refractivity contribution in [3.8, 4) is 28.3 Å². The Kier molecular flexibility index (Phi) is 10.4. The number of nitrogens with zero attached hydrogens (tertiary/aromatic N) is 5. The molecule has 4 aromatic heterocycles. The monoisotopic (exact) mass is 899 g/mol. The molecule has 12 aromatic rings. The predicted octanol–water partition coefficient (Wildman–Crippen LogP) is 17.9. The van der Waals surface area contributed by atoms with Gasteiger partial charge in [0.1, 0.15) is 5.82 Å². The molecule has 12 rings (SSSR count). The Morgan fingerprint density at radius 3 is 1.33 bits per heavy atom. The molecule has 0 aliphatic carbocycles. The van der Waals surface area contributed by atoms with Gasteiger partial charge in [-0.25, -0.2) is 9.97 Å². The molecule has 0 amide bonds. The van der Waals surface area contributed by atoms with Crippen LogP contribution >= 0.6 is 0 Å². The molecule has 0 bridgehead atoms. The molecule has 0 N–H and O–H groups in total. The first kappa shape index (κ1) is 44.0. The highest BCUT2D eigenvalue weighted by molar-refractivity contribution is 6.31. The number of aromatic nitrogens is 5. The van der Waals surface area contributed by atoms with Crippen LogP contribution in [0.3, 0.4) is 0 Å². The van der Waals surface area contributed by atoms with Gasteiger partial charge in [-0.3, -0.25) is 0 Å². The number of para-hydroxylation sites is 4. The van der Waals surface area contributed by atoms with Gasteiger partial charge in [-0.05, 0) is 101 Å². The maximum absolute atomic E-state index is 5.59. The van der Waals surface area contributed by atoms with E-state index < -0.39 is 0 Å². The Bertz CT molecular complexity index is 3770. The highest BCUT2D eigenvalue weighted by Crippen LogP contribution is 2.47. The number of hydrogen-bond donors (Lipinski definition) is 0. The molecule has 0 fully saturated rings. The van der Waals surface area contributed by atoms with E-state index in [1.54, 1.807) is 0 Å². The zero-order valence-electron chi connectivity index (χ0n) is 40.6. The number of benzene rings is 8. The average molecular weight is 900 g/mol. The minimum atomic E-state index is -0.295. The smallest absolute Gasteiger partial charge is 0.135 e. The summed E-state index contributed by atoms with van der Waals surface area (Å²) >= 11 is 0. The van der Waals surface area contributed by atoms with Crippen LogP contribution in [-0.2, 0) is 5.41 Å². The summed E-state index contributed by atoms with van der Waals surface area (Å²) < 4.78 is 7.44. The summed E-state index contributed by atoms with van der Waals surface area (Å²) in [6.07, 6.45) is 0. The Morgan fingerprint density at radius 1 is 0.406 bits per heavy atom. The molecule has 0 saturated carbocycles. The summed E-state index contributed by atoms with van der Waals surface area (Å²) in [5.74, 6) is 1.88. The molecule has 5 nitrogen and oxygen atoms in total. The standard InChI is InChI=1S/C63H57N5.CH4/c1-37(2)40-34-49(38(3)4)56(50(35-40)39(5)6)59-46-29-28-43(36-51(46)64-62(65-59)63(7,8)9)68-60-44(30-32-54-57(60)47-24-16-18-26-52(47)66(54)41-20-12-10-13-21-41)45-31-33-55-58(61(45)68)48-25-17-19-27-53(48)67(55)42-22-14-11-15-23-42;/h10-39H,1-9H3;1H4. The number of rotatable bonds is 7. The topological polar surface area (TPSA) is 40.6 Å². The lowest BCUT2D eigenvalue weighted by Crippen LogP contribution is -2.17. The zero-order chi connectivity index (χ0) is 46.7. The first-order chi connectivity index (χ1) is 32.9. The van der Waals surface area contributed by atoms with Crippen molar-refractivity contribution in [1.82, 2.24) is 23.7 Å². The predicted molar refractivity (Wildman–Crippen MR) is 296 cm³/mol. The summed E-state index contributed by atoms with van der Waals surface area (Å²) in [7, 11) is 0. The van der Waals surface area contributed by atoms with Crippen LogP contribution in [0.1, 0.15) is 110 Å². The molecule has 0 saturated heterocycles. The summed E-state index contributed by atoms with van der Waals surface area (Å²) in [4.78, 5) is 11.1. The van der Waals surface area contributed by atoms with E-state index in [2.05, 4.69) is 240 Å². The number of hydrogen-bond acceptors (Lipinski definition) is 2. The van der Waals surface area contributed by atoms with Crippen molar-refractivity contribution in [2.75, 3.05) is 0 Å². The third-order valence-corrected chi connectivity index (χ3v) is 14.4. The zero-order valence-corrected chi connectivity index (χ0v) is 40.6. The van der Waals surface area contributed by atoms with Gasteiger partial charge in [0.05, 0.1) is 44.3 Å². The van der Waals surface area contributed by atoms with Crippen LogP contribution < -0.4 is 0 Å². The van der Waals surface area contributed by atoms with Crippen molar-refractivity contribution in [2.45, 2.75) is 92.9 Å². The molecule has 0 radical (unpaired) electrons. The minimum absolute atomic E-state index is 0. The fourth-order valence-electron chi connectivity index (χ4n) is 11.1. The SMILES string of the molecule is C.CC(C)c1cc(C(C)C)c(-c2nc(C(C)(C)C)nc3cc(-n4c5c(ccc6c5c5ccccc5n6-c5ccccc5)c5ccc6c(c7ccccc7n6-c6ccccc6)c54)ccc23)c(C(C)C)c1. The molecule has 342 valence electrons. The molecule has 5 heteroatoms. The van der Waals surface area contributed by atoms with Crippen molar-refractivity contribution in [2.24, 2.45) is 0 Å². The second kappa shape index (κ2) is 16.3. The lowest BCUT2D eigenvalue weighted by Gasteiger charge is -2.25. The number of fused-ring (bicyclic) bond motifs is 12. The van der Waals surface area contributed by atoms with Crippen LogP contribution in [0.4, 0.5) is 0 Å². The molecule has 0 spiro atoms. The second-order valence-electron chi connectivity index (χ2n) is 20.8. The average Bonchev–Trinajstić information content (AvgIpc) is 3.99. The lowest BCUT2D eigenvalue weighted by atomic mass is 9.82.